The Hall–Kier alpha value is -4.77. The summed E-state index contributed by atoms with van der Waals surface area (Å²) in [5, 5.41) is 35.3. The molecule has 0 spiro atoms. The standard InChI is InChI=1S/C30H33N9O6/c1-2-43-30-31-26-11-5-10-25(29(41)44-19-45-36-39(42)38-16-6-7-22(38)18-40)27(26)37(30)17-20-12-14-21(15-13-20)23-8-3-4-9-24(23)28-32-34-35-33-28/h3-5,8-15,22,39-40,42H,2,6-7,16-19H2,1H3,(H,32,33,34,35)/t22-/m0/s1. The summed E-state index contributed by atoms with van der Waals surface area (Å²) in [5.74, 6) is -0.140. The number of imidazole rings is 1. The number of carbonyl (C=O) groups excluding carboxylic acids is 1. The van der Waals surface area contributed by atoms with E-state index in [9.17, 15) is 15.1 Å². The van der Waals surface area contributed by atoms with Crippen molar-refractivity contribution in [2.45, 2.75) is 32.4 Å². The Labute approximate surface area is 257 Å². The Kier molecular flexibility index (Phi) is 9.35. The van der Waals surface area contributed by atoms with Crippen molar-refractivity contribution < 1.29 is 34.7 Å². The number of tetrazole rings is 1. The summed E-state index contributed by atoms with van der Waals surface area (Å²) >= 11 is 0. The Morgan fingerprint density at radius 1 is 1.11 bits per heavy atom. The third-order valence-corrected chi connectivity index (χ3v) is 7.58. The van der Waals surface area contributed by atoms with Crippen molar-refractivity contribution in [1.82, 2.24) is 35.2 Å². The monoisotopic (exact) mass is 615 g/mol. The Balaban J connectivity index is 1.19. The number of hydrogen-bond acceptors (Lipinski definition) is 11. The zero-order chi connectivity index (χ0) is 31.2. The molecular weight excluding hydrogens is 582 g/mol. The first-order valence-corrected chi connectivity index (χ1v) is 14.5. The average Bonchev–Trinajstić information content (AvgIpc) is 3.84. The minimum Gasteiger partial charge on any atom is -0.465 e. The Morgan fingerprint density at radius 3 is 2.69 bits per heavy atom. The van der Waals surface area contributed by atoms with Gasteiger partial charge in [-0.25, -0.2) is 10.0 Å². The normalized spacial score (nSPS) is 15.8. The van der Waals surface area contributed by atoms with Crippen LogP contribution < -0.4 is 10.0 Å². The first-order valence-electron chi connectivity index (χ1n) is 14.5. The van der Waals surface area contributed by atoms with Gasteiger partial charge in [-0.1, -0.05) is 54.6 Å². The van der Waals surface area contributed by atoms with Gasteiger partial charge in [-0.15, -0.1) is 15.2 Å². The van der Waals surface area contributed by atoms with Gasteiger partial charge in [-0.3, -0.25) is 10.2 Å². The molecule has 1 saturated heterocycles. The predicted molar refractivity (Wildman–Crippen MR) is 159 cm³/mol. The number of para-hydroxylation sites is 1. The van der Waals surface area contributed by atoms with Crippen LogP contribution in [0.4, 0.5) is 0 Å². The summed E-state index contributed by atoms with van der Waals surface area (Å²) in [4.78, 5) is 22.9. The molecule has 3 heterocycles. The molecular formula is C30H33N9O6. The van der Waals surface area contributed by atoms with Crippen LogP contribution >= 0.6 is 0 Å². The maximum atomic E-state index is 13.2. The van der Waals surface area contributed by atoms with Gasteiger partial charge in [0.1, 0.15) is 0 Å². The number of aliphatic hydroxyl groups is 1. The molecule has 3 aromatic carbocycles. The quantitative estimate of drug-likeness (QED) is 0.0661. The fraction of sp³-hybridized carbons (Fsp3) is 0.300. The van der Waals surface area contributed by atoms with E-state index >= 15 is 0 Å². The lowest BCUT2D eigenvalue weighted by atomic mass is 9.98. The fourth-order valence-electron chi connectivity index (χ4n) is 5.48. The number of nitrogens with one attached hydrogen (secondary N) is 2. The van der Waals surface area contributed by atoms with E-state index in [-0.39, 0.29) is 23.5 Å². The van der Waals surface area contributed by atoms with Gasteiger partial charge in [-0.2, -0.15) is 15.5 Å². The second kappa shape index (κ2) is 13.9. The van der Waals surface area contributed by atoms with Crippen LogP contribution in [0.25, 0.3) is 39.1 Å². The summed E-state index contributed by atoms with van der Waals surface area (Å²) in [6.07, 6.45) is 1.56. The molecule has 1 fully saturated rings. The average molecular weight is 616 g/mol. The second-order valence-corrected chi connectivity index (χ2v) is 10.3. The van der Waals surface area contributed by atoms with Crippen LogP contribution in [0.15, 0.2) is 66.7 Å². The van der Waals surface area contributed by atoms with Crippen molar-refractivity contribution in [2.75, 3.05) is 26.6 Å². The van der Waals surface area contributed by atoms with Crippen LogP contribution in [0.2, 0.25) is 0 Å². The maximum Gasteiger partial charge on any atom is 0.342 e. The lowest BCUT2D eigenvalue weighted by Crippen LogP contribution is -3.13. The number of rotatable bonds is 13. The number of ether oxygens (including phenoxy) is 2. The summed E-state index contributed by atoms with van der Waals surface area (Å²) in [6.45, 7) is 2.56. The molecule has 5 aromatic rings. The smallest absolute Gasteiger partial charge is 0.342 e. The van der Waals surface area contributed by atoms with Crippen LogP contribution in [0.1, 0.15) is 35.7 Å². The number of aromatic amines is 1. The predicted octanol–water partition coefficient (Wildman–Crippen LogP) is 2.31. The molecule has 1 aliphatic rings. The summed E-state index contributed by atoms with van der Waals surface area (Å²) in [5.41, 5.74) is 8.79. The van der Waals surface area contributed by atoms with Gasteiger partial charge in [-0.05, 0) is 53.8 Å². The highest BCUT2D eigenvalue weighted by atomic mass is 16.8. The molecule has 2 aromatic heterocycles. The van der Waals surface area contributed by atoms with E-state index < -0.39 is 12.8 Å². The molecule has 6 rings (SSSR count). The molecule has 4 N–H and O–H groups in total. The number of hydrogen-bond donors (Lipinski definition) is 4. The van der Waals surface area contributed by atoms with Gasteiger partial charge in [0.05, 0.1) is 48.9 Å². The summed E-state index contributed by atoms with van der Waals surface area (Å²) in [6, 6.07) is 21.2. The van der Waals surface area contributed by atoms with E-state index in [4.69, 9.17) is 14.3 Å². The van der Waals surface area contributed by atoms with Crippen LogP contribution in [0.5, 0.6) is 6.01 Å². The Bertz CT molecular complexity index is 1730. The molecule has 15 heteroatoms. The van der Waals surface area contributed by atoms with E-state index in [1.54, 1.807) is 23.2 Å². The number of aliphatic hydroxyl groups excluding tert-OH is 1. The third kappa shape index (κ3) is 6.53. The lowest BCUT2D eigenvalue weighted by Gasteiger charge is -2.32. The first kappa shape index (κ1) is 30.3. The summed E-state index contributed by atoms with van der Waals surface area (Å²) in [7, 11) is 0. The SMILES string of the molecule is CCOc1nc2cccc(C(=O)OCO[N-][NH+](O)N3CCC[C@H]3CO)c2n1Cc1ccc(-c2ccccc2-c2nn[nH]n2)cc1. The van der Waals surface area contributed by atoms with Gasteiger partial charge < -0.3 is 19.4 Å². The molecule has 0 amide bonds. The number of quaternary nitrogens is 1. The second-order valence-electron chi connectivity index (χ2n) is 10.3. The zero-order valence-corrected chi connectivity index (χ0v) is 24.5. The van der Waals surface area contributed by atoms with Crippen molar-refractivity contribution >= 4 is 17.0 Å². The number of H-pyrrole nitrogens is 1. The minimum atomic E-state index is -0.651. The molecule has 0 saturated carbocycles. The van der Waals surface area contributed by atoms with E-state index in [1.807, 2.05) is 60.0 Å². The third-order valence-electron chi connectivity index (χ3n) is 7.58. The topological polar surface area (TPSA) is 179 Å². The highest BCUT2D eigenvalue weighted by Crippen LogP contribution is 2.31. The van der Waals surface area contributed by atoms with Gasteiger partial charge in [0.2, 0.25) is 5.82 Å². The first-order chi connectivity index (χ1) is 22.1. The molecule has 0 aliphatic carbocycles. The van der Waals surface area contributed by atoms with Gasteiger partial charge in [0.25, 0.3) is 6.01 Å². The minimum absolute atomic E-state index is 0.102. The van der Waals surface area contributed by atoms with E-state index in [1.165, 1.54) is 0 Å². The molecule has 1 unspecified atom stereocenters. The molecule has 1 aliphatic heterocycles. The lowest BCUT2D eigenvalue weighted by molar-refractivity contribution is -1.16. The molecule has 0 bridgehead atoms. The molecule has 0 radical (unpaired) electrons. The number of fused-ring (bicyclic) bond motifs is 1. The van der Waals surface area contributed by atoms with Crippen molar-refractivity contribution in [2.24, 2.45) is 0 Å². The molecule has 2 atom stereocenters. The van der Waals surface area contributed by atoms with Gasteiger partial charge in [0.15, 0.2) is 6.79 Å². The van der Waals surface area contributed by atoms with Crippen LogP contribution in [0, 0.1) is 0 Å². The van der Waals surface area contributed by atoms with Crippen molar-refractivity contribution in [3.8, 4) is 28.5 Å². The highest BCUT2D eigenvalue weighted by Gasteiger charge is 2.29. The van der Waals surface area contributed by atoms with Gasteiger partial charge >= 0.3 is 5.97 Å². The number of benzene rings is 3. The van der Waals surface area contributed by atoms with E-state index in [0.717, 1.165) is 35.1 Å². The van der Waals surface area contributed by atoms with E-state index in [2.05, 4.69) is 31.2 Å². The van der Waals surface area contributed by atoms with Crippen LogP contribution in [-0.2, 0) is 16.1 Å². The van der Waals surface area contributed by atoms with Crippen LogP contribution in [0.3, 0.4) is 0 Å². The maximum absolute atomic E-state index is 13.2. The van der Waals surface area contributed by atoms with E-state index in [0.29, 0.717) is 42.6 Å². The number of esters is 1. The largest absolute Gasteiger partial charge is 0.465 e. The van der Waals surface area contributed by atoms with Crippen molar-refractivity contribution in [3.05, 3.63) is 83.4 Å². The fourth-order valence-corrected chi connectivity index (χ4v) is 5.48. The Morgan fingerprint density at radius 2 is 1.93 bits per heavy atom. The molecule has 234 valence electrons. The van der Waals surface area contributed by atoms with Crippen molar-refractivity contribution in [1.29, 1.82) is 0 Å². The van der Waals surface area contributed by atoms with Crippen molar-refractivity contribution in [3.63, 3.8) is 0 Å². The highest BCUT2D eigenvalue weighted by molar-refractivity contribution is 6.02. The van der Waals surface area contributed by atoms with Crippen LogP contribution in [-0.4, -0.2) is 84.1 Å². The van der Waals surface area contributed by atoms with Gasteiger partial charge in [0, 0.05) is 5.56 Å². The zero-order valence-electron chi connectivity index (χ0n) is 24.5. The molecule has 45 heavy (non-hydrogen) atoms. The number of nitrogens with zero attached hydrogens (tertiary/aromatic N) is 7. The number of carbonyl (C=O) groups is 1. The number of aromatic nitrogens is 6. The molecule has 15 nitrogen and oxygen atoms in total. The summed E-state index contributed by atoms with van der Waals surface area (Å²) < 4.78 is 13.0.